The molecule has 2 aromatic heterocycles. The van der Waals surface area contributed by atoms with Crippen LogP contribution in [0.2, 0.25) is 0 Å². The minimum absolute atomic E-state index is 0.108. The van der Waals surface area contributed by atoms with E-state index >= 15 is 0 Å². The quantitative estimate of drug-likeness (QED) is 0.0744. The van der Waals surface area contributed by atoms with Crippen molar-refractivity contribution in [2.24, 2.45) is 17.7 Å². The Morgan fingerprint density at radius 1 is 0.804 bits per heavy atom. The van der Waals surface area contributed by atoms with Crippen LogP contribution in [0.3, 0.4) is 0 Å². The number of H-pyrrole nitrogens is 2. The number of fused-ring (bicyclic) bond motifs is 2. The number of methoxy groups -OCH3 is 2. The smallest absolute Gasteiger partial charge is 0.424 e. The van der Waals surface area contributed by atoms with Gasteiger partial charge in [-0.15, -0.1) is 0 Å². The second-order valence-electron chi connectivity index (χ2n) is 15.3. The molecule has 0 unspecified atom stereocenters. The van der Waals surface area contributed by atoms with Gasteiger partial charge in [-0.25, -0.2) is 30.4 Å². The van der Waals surface area contributed by atoms with E-state index in [0.717, 1.165) is 74.3 Å². The first-order valence-corrected chi connectivity index (χ1v) is 19.0. The van der Waals surface area contributed by atoms with Crippen molar-refractivity contribution in [1.82, 2.24) is 40.1 Å². The number of hydrogen-bond donors (Lipinski definition) is 4. The second-order valence-corrected chi connectivity index (χ2v) is 15.3. The summed E-state index contributed by atoms with van der Waals surface area (Å²) in [6.45, 7) is 8.62. The number of ether oxygens (including phenoxy) is 2. The fourth-order valence-corrected chi connectivity index (χ4v) is 7.85. The number of aromatic nitrogens is 4. The Balaban J connectivity index is 1.06. The van der Waals surface area contributed by atoms with Gasteiger partial charge >= 0.3 is 12.2 Å². The molecule has 0 radical (unpaired) electrons. The molecule has 294 valence electrons. The number of likely N-dealkylation sites (tertiary alicyclic amines) is 2. The maximum absolute atomic E-state index is 13.7. The molecule has 56 heavy (non-hydrogen) atoms. The van der Waals surface area contributed by atoms with Gasteiger partial charge in [0.2, 0.25) is 11.8 Å². The summed E-state index contributed by atoms with van der Waals surface area (Å²) >= 11 is 0. The predicted molar refractivity (Wildman–Crippen MR) is 211 cm³/mol. The summed E-state index contributed by atoms with van der Waals surface area (Å²) in [5.41, 5.74) is 5.58. The van der Waals surface area contributed by atoms with Crippen molar-refractivity contribution in [3.63, 3.8) is 0 Å². The molecule has 15 nitrogen and oxygen atoms in total. The molecule has 5 aromatic rings. The number of rotatable bonds is 10. The largest absolute Gasteiger partial charge is 0.453 e. The summed E-state index contributed by atoms with van der Waals surface area (Å²) < 4.78 is 9.53. The Morgan fingerprint density at radius 3 is 2.12 bits per heavy atom. The fraction of sp³-hybridized carbons (Fsp3) is 0.415. The van der Waals surface area contributed by atoms with Crippen molar-refractivity contribution in [2.75, 3.05) is 27.3 Å². The van der Waals surface area contributed by atoms with Crippen LogP contribution >= 0.6 is 0 Å². The molecule has 2 aliphatic rings. The number of nitrogens with zero attached hydrogens (tertiary/aromatic N) is 5. The number of nitrogens with one attached hydrogen (secondary N) is 3. The van der Waals surface area contributed by atoms with E-state index in [1.165, 1.54) is 14.2 Å². The third-order valence-electron chi connectivity index (χ3n) is 11.0. The number of carbonyl (C=O) groups is 4. The lowest BCUT2D eigenvalue weighted by Gasteiger charge is -2.42. The lowest BCUT2D eigenvalue weighted by atomic mass is 9.96. The minimum Gasteiger partial charge on any atom is -0.453 e. The first-order chi connectivity index (χ1) is 26.9. The summed E-state index contributed by atoms with van der Waals surface area (Å²) in [6, 6.07) is 16.7. The maximum atomic E-state index is 13.7. The molecule has 0 saturated carbocycles. The molecular formula is C41H49N9O6. The first-order valence-electron chi connectivity index (χ1n) is 19.0. The van der Waals surface area contributed by atoms with Gasteiger partial charge in [0.05, 0.1) is 49.2 Å². The van der Waals surface area contributed by atoms with Crippen LogP contribution in [0.5, 0.6) is 0 Å². The van der Waals surface area contributed by atoms with Crippen molar-refractivity contribution < 1.29 is 28.7 Å². The van der Waals surface area contributed by atoms with Crippen LogP contribution < -0.4 is 11.2 Å². The monoisotopic (exact) mass is 763 g/mol. The van der Waals surface area contributed by atoms with Crippen molar-refractivity contribution in [2.45, 2.75) is 71.1 Å². The lowest BCUT2D eigenvalue weighted by Crippen LogP contribution is -2.56. The van der Waals surface area contributed by atoms with Crippen LogP contribution in [-0.2, 0) is 19.1 Å². The molecule has 2 saturated heterocycles. The third-order valence-corrected chi connectivity index (χ3v) is 11.0. The average molecular weight is 764 g/mol. The zero-order valence-electron chi connectivity index (χ0n) is 32.5. The number of hydrazine groups is 1. The molecule has 3 aromatic carbocycles. The van der Waals surface area contributed by atoms with Gasteiger partial charge < -0.3 is 34.6 Å². The average Bonchev–Trinajstić information content (AvgIpc) is 3.95. The number of carbonyl (C=O) groups excluding carboxylic acids is 4. The summed E-state index contributed by atoms with van der Waals surface area (Å²) in [6.07, 6.45) is 2.73. The van der Waals surface area contributed by atoms with Gasteiger partial charge in [-0.05, 0) is 77.3 Å². The van der Waals surface area contributed by atoms with Gasteiger partial charge in [0.1, 0.15) is 23.7 Å². The topological polar surface area (TPSA) is 192 Å². The molecule has 15 heteroatoms. The zero-order valence-corrected chi connectivity index (χ0v) is 32.5. The molecule has 0 spiro atoms. The normalized spacial score (nSPS) is 17.9. The van der Waals surface area contributed by atoms with Crippen LogP contribution in [0.1, 0.15) is 70.7 Å². The molecular weight excluding hydrogens is 715 g/mol. The van der Waals surface area contributed by atoms with E-state index in [0.29, 0.717) is 18.9 Å². The van der Waals surface area contributed by atoms with E-state index in [-0.39, 0.29) is 35.7 Å². The molecule has 4 amide bonds. The zero-order chi connectivity index (χ0) is 39.8. The Kier molecular flexibility index (Phi) is 10.7. The number of hydrogen-bond acceptors (Lipinski definition) is 9. The summed E-state index contributed by atoms with van der Waals surface area (Å²) in [5, 5.41) is 5.70. The third kappa shape index (κ3) is 7.26. The predicted octanol–water partition coefficient (Wildman–Crippen LogP) is 6.06. The second kappa shape index (κ2) is 15.6. The van der Waals surface area contributed by atoms with E-state index in [1.807, 2.05) is 39.8 Å². The molecule has 7 rings (SSSR count). The Hall–Kier alpha value is -5.96. The lowest BCUT2D eigenvalue weighted by molar-refractivity contribution is -0.143. The van der Waals surface area contributed by atoms with Gasteiger partial charge in [-0.2, -0.15) is 0 Å². The summed E-state index contributed by atoms with van der Waals surface area (Å²) in [5.74, 6) is 6.73. The van der Waals surface area contributed by atoms with E-state index in [1.54, 1.807) is 16.0 Å². The number of alkyl carbamates (subject to hydrolysis) is 1. The van der Waals surface area contributed by atoms with E-state index in [2.05, 4.69) is 57.7 Å². The Labute approximate surface area is 324 Å². The van der Waals surface area contributed by atoms with Gasteiger partial charge in [0.15, 0.2) is 0 Å². The number of imidazole rings is 2. The van der Waals surface area contributed by atoms with Crippen molar-refractivity contribution in [3.05, 3.63) is 72.4 Å². The summed E-state index contributed by atoms with van der Waals surface area (Å²) in [7, 11) is 2.53. The Bertz CT molecular complexity index is 2280. The number of nitrogens with two attached hydrogens (primary N) is 1. The van der Waals surface area contributed by atoms with E-state index in [4.69, 9.17) is 25.3 Å². The van der Waals surface area contributed by atoms with Crippen molar-refractivity contribution in [3.8, 4) is 22.4 Å². The minimum atomic E-state index is -0.862. The van der Waals surface area contributed by atoms with Crippen LogP contribution in [0.4, 0.5) is 9.59 Å². The number of amides is 4. The molecule has 5 N–H and O–H groups in total. The van der Waals surface area contributed by atoms with Crippen LogP contribution in [0.15, 0.2) is 60.8 Å². The highest BCUT2D eigenvalue weighted by atomic mass is 16.5. The highest BCUT2D eigenvalue weighted by Crippen LogP contribution is 2.36. The molecule has 0 bridgehead atoms. The molecule has 0 aliphatic carbocycles. The Morgan fingerprint density at radius 2 is 1.46 bits per heavy atom. The highest BCUT2D eigenvalue weighted by molar-refractivity contribution is 5.92. The molecule has 4 atom stereocenters. The van der Waals surface area contributed by atoms with Crippen LogP contribution in [-0.4, -0.2) is 98.1 Å². The number of aromatic amines is 2. The summed E-state index contributed by atoms with van der Waals surface area (Å²) in [4.78, 5) is 71.2. The SMILES string of the molecule is COC(=O)N[C@H](C(=O)N1CC[C@H]1c1nc2ccc(-c3ccc4cc(-c5cnc([C@@H]6CCCN6C(=O)[C@H](C(C)C)N(N)C(=O)OC)[nH]5)ccc4c3)cc2[nH]1)C(C)C. The molecule has 2 fully saturated rings. The maximum Gasteiger partial charge on any atom is 0.424 e. The standard InChI is InChI=1S/C41H49N9O6/c1-22(2)34(47-40(53)55-5)38(51)49-17-15-33(49)37-44-29-14-13-27(20-30(29)45-37)25-9-10-26-19-28(12-11-24(26)18-25)31-21-43-36(46-31)32-8-7-16-48(32)39(52)35(23(3)4)50(42)41(54)56-6/h9-14,18-23,32-35H,7-8,15-17,42H2,1-6H3,(H,43,46)(H,44,45)(H,47,53)/t32-,33-,34-,35-/m0/s1. The first kappa shape index (κ1) is 38.3. The molecule has 2 aliphatic heterocycles. The van der Waals surface area contributed by atoms with Gasteiger partial charge in [0.25, 0.3) is 0 Å². The molecule has 4 heterocycles. The van der Waals surface area contributed by atoms with Gasteiger partial charge in [-0.1, -0.05) is 58.0 Å². The van der Waals surface area contributed by atoms with Gasteiger partial charge in [0, 0.05) is 18.7 Å². The van der Waals surface area contributed by atoms with Crippen molar-refractivity contribution in [1.29, 1.82) is 0 Å². The number of benzene rings is 3. The van der Waals surface area contributed by atoms with Gasteiger partial charge in [-0.3, -0.25) is 9.59 Å². The van der Waals surface area contributed by atoms with Crippen molar-refractivity contribution >= 4 is 45.8 Å². The van der Waals surface area contributed by atoms with E-state index < -0.39 is 24.3 Å². The van der Waals surface area contributed by atoms with Crippen LogP contribution in [0.25, 0.3) is 44.2 Å². The fourth-order valence-electron chi connectivity index (χ4n) is 7.85. The highest BCUT2D eigenvalue weighted by Gasteiger charge is 2.41. The van der Waals surface area contributed by atoms with E-state index in [9.17, 15) is 19.2 Å². The van der Waals surface area contributed by atoms with Crippen LogP contribution in [0, 0.1) is 11.8 Å².